The Balaban J connectivity index is 0.000000208. The fraction of sp³-hybridized carbons (Fsp3) is 0.0800. The SMILES string of the molecule is C[n+]1ccc(-c2c3nc(c(-c4cc[n+](C)cc4)c4ccc([nH]4)c(-c4ccc5ccc6cccc7ccc4c5c67)c4nc(c(-c5cc[n+](C)cc5)c5ccc2[nH]5)C=C4)C=C3)cc1.Cc1ccc(S(=O)(=O)[O-])cc1.Cc1ccc(S(=O)(=O)[O-])cc1.Cc1ccc(S(=O)(=O)[O-])cc1. The number of H-pyrrole nitrogens is 2. The Morgan fingerprint density at radius 2 is 0.617 bits per heavy atom. The third-order valence-electron chi connectivity index (χ3n) is 16.3. The third-order valence-corrected chi connectivity index (χ3v) is 18.8. The summed E-state index contributed by atoms with van der Waals surface area (Å²) in [6.07, 6.45) is 21.2. The van der Waals surface area contributed by atoms with Crippen LogP contribution in [-0.2, 0) is 51.5 Å². The van der Waals surface area contributed by atoms with E-state index >= 15 is 0 Å². The minimum Gasteiger partial charge on any atom is -0.744 e. The highest BCUT2D eigenvalue weighted by atomic mass is 32.2. The second-order valence-corrected chi connectivity index (χ2v) is 27.2. The molecule has 2 aliphatic heterocycles. The number of hydrogen-bond acceptors (Lipinski definition) is 11. The van der Waals surface area contributed by atoms with Crippen molar-refractivity contribution in [2.45, 2.75) is 35.5 Å². The van der Waals surface area contributed by atoms with Crippen LogP contribution >= 0.6 is 0 Å². The van der Waals surface area contributed by atoms with Gasteiger partial charge in [-0.05, 0) is 160 Å². The average Bonchev–Trinajstić information content (AvgIpc) is 1.34. The smallest absolute Gasteiger partial charge is 0.169 e. The number of benzene rings is 7. The Labute approximate surface area is 544 Å². The van der Waals surface area contributed by atoms with Gasteiger partial charge in [0.25, 0.3) is 0 Å². The van der Waals surface area contributed by atoms with Crippen molar-refractivity contribution in [3.8, 4) is 44.5 Å². The number of aromatic amines is 2. The summed E-state index contributed by atoms with van der Waals surface area (Å²) < 4.78 is 99.7. The van der Waals surface area contributed by atoms with E-state index in [4.69, 9.17) is 9.97 Å². The van der Waals surface area contributed by atoms with Gasteiger partial charge in [-0.2, -0.15) is 0 Å². The molecule has 19 heteroatoms. The van der Waals surface area contributed by atoms with Crippen LogP contribution in [0, 0.1) is 20.8 Å². The Bertz CT molecular complexity index is 5430. The summed E-state index contributed by atoms with van der Waals surface area (Å²) in [5, 5.41) is 7.46. The van der Waals surface area contributed by atoms with Gasteiger partial charge in [0.2, 0.25) is 0 Å². The standard InChI is InChI=1S/C54H39N7.3C7H8O3S/c1-59-27-21-36(22-28-59)51-41-13-15-43(55-41)52(37-23-29-60(2)30-24-37)45-17-19-47(57-45)54(40-12-10-35-8-7-33-5-4-6-34-9-11-39(40)50(35)49(33)34)48-20-18-46(58-48)53(44-16-14-42(51)56-44)38-25-31-61(3)32-26-38;3*1-6-2-4-7(5-3-6)11(8,9)10/h4-32H,1-3H3,(H,55,56,57,58);3*2-5H,1H3,(H,8,9,10)/q+2;;;/p-2. The van der Waals surface area contributed by atoms with E-state index < -0.39 is 30.4 Å². The van der Waals surface area contributed by atoms with Crippen molar-refractivity contribution in [3.63, 3.8) is 0 Å². The molecule has 0 saturated heterocycles. The molecule has 0 radical (unpaired) electrons. The van der Waals surface area contributed by atoms with E-state index in [-0.39, 0.29) is 14.7 Å². The van der Waals surface area contributed by atoms with Crippen LogP contribution in [0.3, 0.4) is 0 Å². The molecular formula is C75H61N7O9S3. The minimum absolute atomic E-state index is 0.178. The molecule has 8 heterocycles. The molecule has 0 fully saturated rings. The van der Waals surface area contributed by atoms with Gasteiger partial charge >= 0.3 is 0 Å². The van der Waals surface area contributed by atoms with E-state index in [0.717, 1.165) is 106 Å². The number of pyridine rings is 3. The van der Waals surface area contributed by atoms with Crippen LogP contribution in [0.2, 0.25) is 0 Å². The predicted molar refractivity (Wildman–Crippen MR) is 365 cm³/mol. The zero-order chi connectivity index (χ0) is 66.2. The number of nitrogens with one attached hydrogen (secondary N) is 2. The van der Waals surface area contributed by atoms with Crippen LogP contribution in [0.4, 0.5) is 0 Å². The van der Waals surface area contributed by atoms with E-state index in [1.54, 1.807) is 36.4 Å². The second kappa shape index (κ2) is 25.8. The molecule has 2 aliphatic rings. The van der Waals surface area contributed by atoms with Gasteiger partial charge < -0.3 is 23.6 Å². The van der Waals surface area contributed by atoms with Crippen LogP contribution in [-0.4, -0.2) is 58.8 Å². The summed E-state index contributed by atoms with van der Waals surface area (Å²) in [5.74, 6) is 0. The number of fused-ring (bicyclic) bond motifs is 8. The second-order valence-electron chi connectivity index (χ2n) is 23.0. The maximum Gasteiger partial charge on any atom is 0.169 e. The number of hydrogen-bond donors (Lipinski definition) is 2. The maximum atomic E-state index is 10.4. The highest BCUT2D eigenvalue weighted by Crippen LogP contribution is 2.43. The van der Waals surface area contributed by atoms with Gasteiger partial charge in [-0.15, -0.1) is 0 Å². The molecule has 7 aromatic carbocycles. The summed E-state index contributed by atoms with van der Waals surface area (Å²) >= 11 is 0. The van der Waals surface area contributed by atoms with Crippen LogP contribution in [0.5, 0.6) is 0 Å². The van der Waals surface area contributed by atoms with Crippen LogP contribution in [0.25, 0.3) is 123 Å². The van der Waals surface area contributed by atoms with Crippen molar-refractivity contribution in [1.82, 2.24) is 19.9 Å². The van der Waals surface area contributed by atoms with Gasteiger partial charge in [-0.25, -0.2) is 48.9 Å². The van der Waals surface area contributed by atoms with Crippen LogP contribution in [0.15, 0.2) is 240 Å². The molecule has 468 valence electrons. The molecule has 0 saturated carbocycles. The number of rotatable bonds is 7. The van der Waals surface area contributed by atoms with Gasteiger partial charge in [-0.1, -0.05) is 108 Å². The van der Waals surface area contributed by atoms with E-state index in [1.165, 1.54) is 68.7 Å². The molecule has 0 spiro atoms. The molecule has 13 aromatic rings. The van der Waals surface area contributed by atoms with Crippen molar-refractivity contribution in [2.24, 2.45) is 21.1 Å². The first-order chi connectivity index (χ1) is 44.9. The number of aromatic nitrogens is 7. The molecule has 0 aliphatic carbocycles. The summed E-state index contributed by atoms with van der Waals surface area (Å²) in [6.45, 7) is 5.46. The van der Waals surface area contributed by atoms with Crippen LogP contribution < -0.4 is 13.7 Å². The predicted octanol–water partition coefficient (Wildman–Crippen LogP) is 13.4. The molecule has 15 rings (SSSR count). The monoisotopic (exact) mass is 1300 g/mol. The lowest BCUT2D eigenvalue weighted by atomic mass is 9.89. The summed E-state index contributed by atoms with van der Waals surface area (Å²) in [7, 11) is -6.67. The lowest BCUT2D eigenvalue weighted by molar-refractivity contribution is -0.671. The Kier molecular flexibility index (Phi) is 17.4. The maximum absolute atomic E-state index is 10.4. The minimum atomic E-state index is -4.27. The summed E-state index contributed by atoms with van der Waals surface area (Å²) in [6, 6.07) is 59.3. The first-order valence-electron chi connectivity index (χ1n) is 29.7. The third kappa shape index (κ3) is 13.6. The van der Waals surface area contributed by atoms with Crippen molar-refractivity contribution >= 4 is 109 Å². The van der Waals surface area contributed by atoms with Crippen molar-refractivity contribution in [3.05, 3.63) is 265 Å². The molecule has 0 atom stereocenters. The molecule has 8 bridgehead atoms. The van der Waals surface area contributed by atoms with Crippen molar-refractivity contribution in [2.75, 3.05) is 0 Å². The van der Waals surface area contributed by atoms with Crippen LogP contribution in [0.1, 0.15) is 39.5 Å². The van der Waals surface area contributed by atoms with Gasteiger partial charge in [-0.3, -0.25) is 0 Å². The molecule has 0 unspecified atom stereocenters. The van der Waals surface area contributed by atoms with E-state index in [0.29, 0.717) is 0 Å². The molecule has 16 nitrogen and oxygen atoms in total. The average molecular weight is 1300 g/mol. The van der Waals surface area contributed by atoms with E-state index in [9.17, 15) is 38.9 Å². The fourth-order valence-corrected chi connectivity index (χ4v) is 12.9. The first kappa shape index (κ1) is 63.5. The fourth-order valence-electron chi connectivity index (χ4n) is 11.5. The number of aryl methyl sites for hydroxylation is 6. The number of nitrogens with zero attached hydrogens (tertiary/aromatic N) is 5. The Hall–Kier alpha value is -10.6. The molecule has 2 N–H and O–H groups in total. The largest absolute Gasteiger partial charge is 0.744 e. The van der Waals surface area contributed by atoms with Crippen molar-refractivity contribution in [1.29, 1.82) is 0 Å². The Morgan fingerprint density at radius 3 is 0.947 bits per heavy atom. The van der Waals surface area contributed by atoms with Gasteiger partial charge in [0, 0.05) is 80.7 Å². The van der Waals surface area contributed by atoms with Gasteiger partial charge in [0.15, 0.2) is 37.2 Å². The highest BCUT2D eigenvalue weighted by molar-refractivity contribution is 7.86. The highest BCUT2D eigenvalue weighted by Gasteiger charge is 2.22. The summed E-state index contributed by atoms with van der Waals surface area (Å²) in [4.78, 5) is 18.3. The Morgan fingerprint density at radius 1 is 0.330 bits per heavy atom. The van der Waals surface area contributed by atoms with Gasteiger partial charge in [0.1, 0.15) is 51.5 Å². The first-order valence-corrected chi connectivity index (χ1v) is 33.9. The molecule has 6 aromatic heterocycles. The zero-order valence-corrected chi connectivity index (χ0v) is 54.3. The lowest BCUT2D eigenvalue weighted by Gasteiger charge is -2.14. The summed E-state index contributed by atoms with van der Waals surface area (Å²) in [5.41, 5.74) is 18.7. The molecular weight excluding hydrogens is 1240 g/mol. The zero-order valence-electron chi connectivity index (χ0n) is 51.8. The topological polar surface area (TPSA) is 241 Å². The van der Waals surface area contributed by atoms with E-state index in [1.807, 2.05) is 41.9 Å². The normalized spacial score (nSPS) is 12.1. The molecule has 0 amide bonds. The van der Waals surface area contributed by atoms with E-state index in [2.05, 4.69) is 200 Å². The quantitative estimate of drug-likeness (QED) is 0.0864. The molecule has 94 heavy (non-hydrogen) atoms. The lowest BCUT2D eigenvalue weighted by Crippen LogP contribution is -2.25. The van der Waals surface area contributed by atoms with Gasteiger partial charge in [0.05, 0.1) is 37.5 Å². The van der Waals surface area contributed by atoms with Crippen molar-refractivity contribution < 1.29 is 52.6 Å².